The number of epoxide rings is 1. The van der Waals surface area contributed by atoms with Crippen LogP contribution in [0.25, 0.3) is 0 Å². The van der Waals surface area contributed by atoms with E-state index in [2.05, 4.69) is 26.0 Å². The highest BCUT2D eigenvalue weighted by atomic mass is 16.6. The molecule has 0 aliphatic carbocycles. The Hall–Kier alpha value is -0.300. The van der Waals surface area contributed by atoms with Gasteiger partial charge in [-0.05, 0) is 26.2 Å². The number of hydrogen-bond donors (Lipinski definition) is 0. The molecule has 0 unspecified atom stereocenters. The summed E-state index contributed by atoms with van der Waals surface area (Å²) in [4.78, 5) is 0. The van der Waals surface area contributed by atoms with Gasteiger partial charge < -0.3 is 4.74 Å². The van der Waals surface area contributed by atoms with Crippen molar-refractivity contribution in [3.05, 3.63) is 12.2 Å². The molecule has 1 aliphatic heterocycles. The Kier molecular flexibility index (Phi) is 3.80. The summed E-state index contributed by atoms with van der Waals surface area (Å²) in [5.74, 6) is 0. The van der Waals surface area contributed by atoms with Gasteiger partial charge in [0.15, 0.2) is 0 Å². The minimum Gasteiger partial charge on any atom is -0.370 e. The van der Waals surface area contributed by atoms with Gasteiger partial charge in [-0.3, -0.25) is 0 Å². The van der Waals surface area contributed by atoms with Crippen LogP contribution < -0.4 is 0 Å². The zero-order valence-electron chi connectivity index (χ0n) is 8.31. The van der Waals surface area contributed by atoms with Gasteiger partial charge in [0.05, 0.1) is 12.2 Å². The first-order valence-electron chi connectivity index (χ1n) is 5.06. The maximum absolute atomic E-state index is 5.27. The van der Waals surface area contributed by atoms with Crippen LogP contribution in [-0.2, 0) is 4.74 Å². The predicted molar refractivity (Wildman–Crippen MR) is 52.3 cm³/mol. The molecule has 0 N–H and O–H groups in total. The van der Waals surface area contributed by atoms with E-state index in [1.54, 1.807) is 0 Å². The van der Waals surface area contributed by atoms with Crippen LogP contribution in [0.15, 0.2) is 12.2 Å². The largest absolute Gasteiger partial charge is 0.370 e. The highest BCUT2D eigenvalue weighted by Gasteiger charge is 2.37. The van der Waals surface area contributed by atoms with E-state index in [0.717, 1.165) is 13.0 Å². The van der Waals surface area contributed by atoms with E-state index >= 15 is 0 Å². The van der Waals surface area contributed by atoms with Crippen LogP contribution in [0.5, 0.6) is 0 Å². The lowest BCUT2D eigenvalue weighted by Crippen LogP contribution is -2.00. The summed E-state index contributed by atoms with van der Waals surface area (Å²) in [6.45, 7) is 5.36. The van der Waals surface area contributed by atoms with E-state index in [9.17, 15) is 0 Å². The number of rotatable bonds is 6. The third-order valence-corrected chi connectivity index (χ3v) is 2.33. The Balaban J connectivity index is 1.91. The van der Waals surface area contributed by atoms with Gasteiger partial charge in [-0.1, -0.05) is 31.9 Å². The molecular weight excluding hydrogens is 148 g/mol. The van der Waals surface area contributed by atoms with Crippen LogP contribution in [0.4, 0.5) is 0 Å². The Morgan fingerprint density at radius 3 is 2.67 bits per heavy atom. The summed E-state index contributed by atoms with van der Waals surface area (Å²) in [5.41, 5.74) is 0.210. The second-order valence-electron chi connectivity index (χ2n) is 3.91. The summed E-state index contributed by atoms with van der Waals surface area (Å²) in [6.07, 6.45) is 10.9. The van der Waals surface area contributed by atoms with Crippen molar-refractivity contribution in [2.24, 2.45) is 0 Å². The predicted octanol–water partition coefficient (Wildman–Crippen LogP) is 3.30. The van der Waals surface area contributed by atoms with Gasteiger partial charge in [0.2, 0.25) is 0 Å². The van der Waals surface area contributed by atoms with Crippen LogP contribution in [0, 0.1) is 0 Å². The van der Waals surface area contributed by atoms with Crippen LogP contribution in [-0.4, -0.2) is 12.2 Å². The van der Waals surface area contributed by atoms with Crippen LogP contribution >= 0.6 is 0 Å². The van der Waals surface area contributed by atoms with Gasteiger partial charge in [0.1, 0.15) is 0 Å². The number of hydrogen-bond acceptors (Lipinski definition) is 1. The molecule has 1 saturated heterocycles. The summed E-state index contributed by atoms with van der Waals surface area (Å²) in [6, 6.07) is 0. The Labute approximate surface area is 75.8 Å². The van der Waals surface area contributed by atoms with E-state index in [4.69, 9.17) is 4.74 Å². The SMILES string of the molecule is CCCCC/C=C/C[C@]1(C)CO1. The van der Waals surface area contributed by atoms with Crippen LogP contribution in [0.1, 0.15) is 46.0 Å². The lowest BCUT2D eigenvalue weighted by atomic mass is 10.1. The van der Waals surface area contributed by atoms with Gasteiger partial charge in [-0.2, -0.15) is 0 Å². The van der Waals surface area contributed by atoms with E-state index in [1.165, 1.54) is 25.7 Å². The molecule has 1 aliphatic rings. The molecule has 1 fully saturated rings. The van der Waals surface area contributed by atoms with Crippen LogP contribution in [0.3, 0.4) is 0 Å². The molecule has 0 radical (unpaired) electrons. The van der Waals surface area contributed by atoms with Gasteiger partial charge in [0.25, 0.3) is 0 Å². The first-order valence-corrected chi connectivity index (χ1v) is 5.06. The van der Waals surface area contributed by atoms with E-state index in [-0.39, 0.29) is 5.60 Å². The molecule has 0 spiro atoms. The van der Waals surface area contributed by atoms with Crippen molar-refractivity contribution in [3.8, 4) is 0 Å². The molecule has 1 rings (SSSR count). The molecule has 0 aromatic carbocycles. The normalized spacial score (nSPS) is 28.2. The summed E-state index contributed by atoms with van der Waals surface area (Å²) in [7, 11) is 0. The fourth-order valence-corrected chi connectivity index (χ4v) is 1.20. The lowest BCUT2D eigenvalue weighted by Gasteiger charge is -1.97. The minimum absolute atomic E-state index is 0.210. The number of allylic oxidation sites excluding steroid dienone is 1. The zero-order chi connectivity index (χ0) is 8.86. The number of unbranched alkanes of at least 4 members (excludes halogenated alkanes) is 3. The van der Waals surface area contributed by atoms with Crippen molar-refractivity contribution in [2.75, 3.05) is 6.61 Å². The lowest BCUT2D eigenvalue weighted by molar-refractivity contribution is 0.325. The van der Waals surface area contributed by atoms with E-state index < -0.39 is 0 Å². The average molecular weight is 168 g/mol. The first kappa shape index (κ1) is 9.79. The number of ether oxygens (including phenoxy) is 1. The topological polar surface area (TPSA) is 12.5 Å². The third-order valence-electron chi connectivity index (χ3n) is 2.33. The molecule has 0 amide bonds. The smallest absolute Gasteiger partial charge is 0.0922 e. The molecule has 1 heterocycles. The third kappa shape index (κ3) is 3.91. The summed E-state index contributed by atoms with van der Waals surface area (Å²) >= 11 is 0. The maximum atomic E-state index is 5.27. The highest BCUT2D eigenvalue weighted by molar-refractivity contribution is 4.96. The van der Waals surface area contributed by atoms with Crippen LogP contribution in [0.2, 0.25) is 0 Å². The van der Waals surface area contributed by atoms with Crippen molar-refractivity contribution >= 4 is 0 Å². The Morgan fingerprint density at radius 2 is 2.08 bits per heavy atom. The first-order chi connectivity index (χ1) is 5.77. The summed E-state index contributed by atoms with van der Waals surface area (Å²) < 4.78 is 5.27. The molecule has 0 saturated carbocycles. The second-order valence-corrected chi connectivity index (χ2v) is 3.91. The zero-order valence-corrected chi connectivity index (χ0v) is 8.31. The molecule has 70 valence electrons. The monoisotopic (exact) mass is 168 g/mol. The molecule has 1 heteroatoms. The van der Waals surface area contributed by atoms with Gasteiger partial charge >= 0.3 is 0 Å². The quantitative estimate of drug-likeness (QED) is 0.337. The molecular formula is C11H20O. The fourth-order valence-electron chi connectivity index (χ4n) is 1.20. The molecule has 1 nitrogen and oxygen atoms in total. The highest BCUT2D eigenvalue weighted by Crippen LogP contribution is 2.30. The van der Waals surface area contributed by atoms with Gasteiger partial charge in [-0.25, -0.2) is 0 Å². The minimum atomic E-state index is 0.210. The molecule has 1 atom stereocenters. The molecule has 0 aromatic rings. The van der Waals surface area contributed by atoms with Crippen molar-refractivity contribution < 1.29 is 4.74 Å². The summed E-state index contributed by atoms with van der Waals surface area (Å²) in [5, 5.41) is 0. The average Bonchev–Trinajstić information content (AvgIpc) is 2.77. The fraction of sp³-hybridized carbons (Fsp3) is 0.818. The van der Waals surface area contributed by atoms with Crippen molar-refractivity contribution in [1.29, 1.82) is 0 Å². The Bertz CT molecular complexity index is 145. The standard InChI is InChI=1S/C11H20O/c1-3-4-5-6-7-8-9-11(2)10-12-11/h7-8H,3-6,9-10H2,1-2H3/b8-7+/t11-/m1/s1. The van der Waals surface area contributed by atoms with E-state index in [1.807, 2.05) is 0 Å². The molecule has 0 aromatic heterocycles. The molecule has 0 bridgehead atoms. The van der Waals surface area contributed by atoms with Crippen molar-refractivity contribution in [3.63, 3.8) is 0 Å². The van der Waals surface area contributed by atoms with Crippen molar-refractivity contribution in [1.82, 2.24) is 0 Å². The maximum Gasteiger partial charge on any atom is 0.0922 e. The van der Waals surface area contributed by atoms with Gasteiger partial charge in [0, 0.05) is 0 Å². The second kappa shape index (κ2) is 4.66. The van der Waals surface area contributed by atoms with Gasteiger partial charge in [-0.15, -0.1) is 0 Å². The Morgan fingerprint density at radius 1 is 1.33 bits per heavy atom. The van der Waals surface area contributed by atoms with Crippen molar-refractivity contribution in [2.45, 2.75) is 51.6 Å². The van der Waals surface area contributed by atoms with E-state index in [0.29, 0.717) is 0 Å². The molecule has 12 heavy (non-hydrogen) atoms.